The van der Waals surface area contributed by atoms with Gasteiger partial charge in [-0.25, -0.2) is 13.6 Å². The molecule has 1 aliphatic heterocycles. The minimum Gasteiger partial charge on any atom is -0.390 e. The molecule has 1 fully saturated rings. The Hall–Kier alpha value is -1.38. The van der Waals surface area contributed by atoms with Crippen molar-refractivity contribution in [1.29, 1.82) is 0 Å². The number of aryl methyl sites for hydroxylation is 1. The monoisotopic (exact) mass is 276 g/mol. The molecular formula is C11H14F2N2O4. The van der Waals surface area contributed by atoms with Gasteiger partial charge < -0.3 is 14.9 Å². The molecule has 0 radical (unpaired) electrons. The number of hydrogen-bond donors (Lipinski definition) is 2. The lowest BCUT2D eigenvalue weighted by Crippen LogP contribution is -2.46. The molecule has 0 amide bonds. The lowest BCUT2D eigenvalue weighted by atomic mass is 9.97. The quantitative estimate of drug-likeness (QED) is 0.783. The van der Waals surface area contributed by atoms with Crippen LogP contribution in [0.3, 0.4) is 0 Å². The average molecular weight is 276 g/mol. The van der Waals surface area contributed by atoms with Crippen LogP contribution in [-0.2, 0) is 4.74 Å². The molecule has 1 aromatic rings. The molecule has 8 heteroatoms. The van der Waals surface area contributed by atoms with Gasteiger partial charge in [0.1, 0.15) is 6.61 Å². The molecule has 2 N–H and O–H groups in total. The van der Waals surface area contributed by atoms with Gasteiger partial charge in [0.2, 0.25) is 0 Å². The topological polar surface area (TPSA) is 84.6 Å². The first kappa shape index (κ1) is 14.0. The van der Waals surface area contributed by atoms with Crippen LogP contribution in [0.4, 0.5) is 8.78 Å². The SMILES string of the molecule is Cc1ccn([C@@H]2O[C@](F)(CO)[C@@H](O)[C@@]2(C)F)c(=O)n1. The van der Waals surface area contributed by atoms with Gasteiger partial charge in [-0.2, -0.15) is 4.98 Å². The minimum absolute atomic E-state index is 0.411. The van der Waals surface area contributed by atoms with Gasteiger partial charge in [-0.1, -0.05) is 0 Å². The predicted octanol–water partition coefficient (Wildman–Crippen LogP) is -0.172. The van der Waals surface area contributed by atoms with E-state index in [0.717, 1.165) is 11.5 Å². The molecule has 0 unspecified atom stereocenters. The zero-order valence-corrected chi connectivity index (χ0v) is 10.4. The summed E-state index contributed by atoms with van der Waals surface area (Å²) < 4.78 is 33.8. The molecule has 6 nitrogen and oxygen atoms in total. The lowest BCUT2D eigenvalue weighted by Gasteiger charge is -2.24. The molecule has 2 heterocycles. The van der Waals surface area contributed by atoms with Gasteiger partial charge in [0.25, 0.3) is 5.85 Å². The number of rotatable bonds is 2. The van der Waals surface area contributed by atoms with Gasteiger partial charge in [0.15, 0.2) is 18.0 Å². The van der Waals surface area contributed by atoms with Crippen molar-refractivity contribution in [2.45, 2.75) is 37.7 Å². The molecule has 2 rings (SSSR count). The van der Waals surface area contributed by atoms with Crippen molar-refractivity contribution in [3.05, 3.63) is 28.4 Å². The summed E-state index contributed by atoms with van der Waals surface area (Å²) in [5, 5.41) is 18.5. The first-order valence-corrected chi connectivity index (χ1v) is 5.63. The Kier molecular flexibility index (Phi) is 3.20. The van der Waals surface area contributed by atoms with E-state index in [0.29, 0.717) is 5.69 Å². The van der Waals surface area contributed by atoms with E-state index in [1.807, 2.05) is 0 Å². The highest BCUT2D eigenvalue weighted by atomic mass is 19.2. The number of ether oxygens (including phenoxy) is 1. The first-order valence-electron chi connectivity index (χ1n) is 5.63. The summed E-state index contributed by atoms with van der Waals surface area (Å²) in [7, 11) is 0. The number of aliphatic hydroxyl groups excluding tert-OH is 2. The number of halogens is 2. The van der Waals surface area contributed by atoms with Crippen LogP contribution in [0.15, 0.2) is 17.1 Å². The largest absolute Gasteiger partial charge is 0.390 e. The molecule has 0 aromatic carbocycles. The fraction of sp³-hybridized carbons (Fsp3) is 0.636. The van der Waals surface area contributed by atoms with E-state index in [4.69, 9.17) is 9.84 Å². The number of alkyl halides is 2. The van der Waals surface area contributed by atoms with Crippen molar-refractivity contribution < 1.29 is 23.7 Å². The second-order valence-corrected chi connectivity index (χ2v) is 4.73. The van der Waals surface area contributed by atoms with E-state index in [-0.39, 0.29) is 0 Å². The Labute approximate surface area is 107 Å². The molecule has 19 heavy (non-hydrogen) atoms. The maximum absolute atomic E-state index is 14.4. The van der Waals surface area contributed by atoms with Crippen LogP contribution in [0.25, 0.3) is 0 Å². The van der Waals surface area contributed by atoms with Crippen molar-refractivity contribution >= 4 is 0 Å². The smallest absolute Gasteiger partial charge is 0.349 e. The fourth-order valence-electron chi connectivity index (χ4n) is 2.05. The maximum Gasteiger partial charge on any atom is 0.349 e. The zero-order chi connectivity index (χ0) is 14.4. The summed E-state index contributed by atoms with van der Waals surface area (Å²) in [4.78, 5) is 15.2. The minimum atomic E-state index is -2.96. The van der Waals surface area contributed by atoms with Crippen molar-refractivity contribution in [2.24, 2.45) is 0 Å². The molecular weight excluding hydrogens is 262 g/mol. The summed E-state index contributed by atoms with van der Waals surface area (Å²) in [5.74, 6) is -2.96. The van der Waals surface area contributed by atoms with E-state index in [2.05, 4.69) is 4.98 Å². The van der Waals surface area contributed by atoms with Gasteiger partial charge in [-0.15, -0.1) is 0 Å². The number of nitrogens with zero attached hydrogens (tertiary/aromatic N) is 2. The first-order chi connectivity index (χ1) is 8.72. The summed E-state index contributed by atoms with van der Waals surface area (Å²) in [5.41, 5.74) is -3.00. The van der Waals surface area contributed by atoms with Crippen molar-refractivity contribution in [3.8, 4) is 0 Å². The summed E-state index contributed by atoms with van der Waals surface area (Å²) in [6.07, 6.45) is -2.73. The molecule has 1 aliphatic rings. The second kappa shape index (κ2) is 4.32. The normalized spacial score (nSPS) is 38.6. The Morgan fingerprint density at radius 1 is 1.58 bits per heavy atom. The number of aliphatic hydroxyl groups is 2. The highest BCUT2D eigenvalue weighted by Gasteiger charge is 2.64. The number of aromatic nitrogens is 2. The molecule has 1 saturated heterocycles. The summed E-state index contributed by atoms with van der Waals surface area (Å²) in [6.45, 7) is 1.24. The summed E-state index contributed by atoms with van der Waals surface area (Å²) in [6, 6.07) is 1.42. The van der Waals surface area contributed by atoms with Crippen LogP contribution >= 0.6 is 0 Å². The molecule has 0 aliphatic carbocycles. The van der Waals surface area contributed by atoms with Gasteiger partial charge >= 0.3 is 5.69 Å². The number of hydrogen-bond acceptors (Lipinski definition) is 5. The van der Waals surface area contributed by atoms with Crippen LogP contribution in [-0.4, -0.2) is 44.0 Å². The van der Waals surface area contributed by atoms with Crippen LogP contribution in [0, 0.1) is 6.92 Å². The molecule has 0 bridgehead atoms. The molecule has 1 aromatic heterocycles. The fourth-order valence-corrected chi connectivity index (χ4v) is 2.05. The van der Waals surface area contributed by atoms with Gasteiger partial charge in [-0.3, -0.25) is 4.57 Å². The van der Waals surface area contributed by atoms with Crippen molar-refractivity contribution in [3.63, 3.8) is 0 Å². The third kappa shape index (κ3) is 2.05. The van der Waals surface area contributed by atoms with Crippen LogP contribution in [0.1, 0.15) is 18.8 Å². The zero-order valence-electron chi connectivity index (χ0n) is 10.4. The highest BCUT2D eigenvalue weighted by Crippen LogP contribution is 2.46. The lowest BCUT2D eigenvalue weighted by molar-refractivity contribution is -0.207. The third-order valence-electron chi connectivity index (χ3n) is 3.17. The second-order valence-electron chi connectivity index (χ2n) is 4.73. The van der Waals surface area contributed by atoms with Crippen molar-refractivity contribution in [2.75, 3.05) is 6.61 Å². The van der Waals surface area contributed by atoms with Crippen LogP contribution in [0.2, 0.25) is 0 Å². The average Bonchev–Trinajstić information content (AvgIpc) is 2.51. The molecule has 106 valence electrons. The standard InChI is InChI=1S/C11H14F2N2O4/c1-6-3-4-15(9(18)14-6)8-10(2,12)7(17)11(13,5-16)19-8/h3-4,7-8,16-17H,5H2,1-2H3/t7-,8+,10+,11+/m0/s1. The Bertz CT molecular complexity index is 548. The highest BCUT2D eigenvalue weighted by molar-refractivity contribution is 5.06. The van der Waals surface area contributed by atoms with Gasteiger partial charge in [0.05, 0.1) is 0 Å². The van der Waals surface area contributed by atoms with E-state index >= 15 is 0 Å². The Balaban J connectivity index is 2.48. The van der Waals surface area contributed by atoms with Gasteiger partial charge in [0, 0.05) is 11.9 Å². The van der Waals surface area contributed by atoms with Crippen LogP contribution in [0.5, 0.6) is 0 Å². The molecule has 0 spiro atoms. The Morgan fingerprint density at radius 3 is 2.68 bits per heavy atom. The predicted molar refractivity (Wildman–Crippen MR) is 59.8 cm³/mol. The van der Waals surface area contributed by atoms with Gasteiger partial charge in [-0.05, 0) is 19.9 Å². The summed E-state index contributed by atoms with van der Waals surface area (Å²) >= 11 is 0. The Morgan fingerprint density at radius 2 is 2.21 bits per heavy atom. The van der Waals surface area contributed by atoms with Crippen molar-refractivity contribution in [1.82, 2.24) is 9.55 Å². The molecule has 0 saturated carbocycles. The molecule has 4 atom stereocenters. The van der Waals surface area contributed by atoms with E-state index in [1.165, 1.54) is 12.3 Å². The third-order valence-corrected chi connectivity index (χ3v) is 3.17. The van der Waals surface area contributed by atoms with Crippen LogP contribution < -0.4 is 5.69 Å². The van der Waals surface area contributed by atoms with E-state index < -0.39 is 36.2 Å². The maximum atomic E-state index is 14.4. The van der Waals surface area contributed by atoms with E-state index in [1.54, 1.807) is 6.92 Å². The van der Waals surface area contributed by atoms with E-state index in [9.17, 15) is 18.7 Å².